The van der Waals surface area contributed by atoms with Crippen LogP contribution in [0.3, 0.4) is 0 Å². The fraction of sp³-hybridized carbons (Fsp3) is 0.552. The Hall–Kier alpha value is -6.42. The number of alkyl halides is 8. The number of ketones is 2. The molecule has 14 nitrogen and oxygen atoms in total. The fourth-order valence-corrected chi connectivity index (χ4v) is 10.1. The molecule has 2 aromatic heterocycles. The number of ether oxygens (including phenoxy) is 1. The molecule has 2 aromatic carbocycles. The van der Waals surface area contributed by atoms with Gasteiger partial charge in [-0.1, -0.05) is 59.1 Å². The number of aliphatic hydroxyl groups is 1. The lowest BCUT2D eigenvalue weighted by molar-refractivity contribution is -0.228. The number of fused-ring (bicyclic) bond motifs is 2. The summed E-state index contributed by atoms with van der Waals surface area (Å²) in [6, 6.07) is 13.4. The molecule has 3 saturated heterocycles. The second kappa shape index (κ2) is 27.8. The van der Waals surface area contributed by atoms with Crippen LogP contribution in [0.1, 0.15) is 116 Å². The number of aliphatic hydroxyl groups excluding tert-OH is 1. The predicted molar refractivity (Wildman–Crippen MR) is 287 cm³/mol. The minimum atomic E-state index is -4.88. The third kappa shape index (κ3) is 16.2. The first-order chi connectivity index (χ1) is 37.9. The molecule has 3 fully saturated rings. The van der Waals surface area contributed by atoms with Crippen molar-refractivity contribution in [1.82, 2.24) is 30.3 Å². The summed E-state index contributed by atoms with van der Waals surface area (Å²) in [5.41, 5.74) is 1.35. The second-order valence-electron chi connectivity index (χ2n) is 21.8. The lowest BCUT2D eigenvalue weighted by Crippen LogP contribution is -2.62. The number of hydrogen-bond donors (Lipinski definition) is 4. The highest BCUT2D eigenvalue weighted by atomic mass is 19.4. The number of pyridine rings is 1. The summed E-state index contributed by atoms with van der Waals surface area (Å²) in [7, 11) is 0. The summed E-state index contributed by atoms with van der Waals surface area (Å²) in [5, 5.41) is 20.1. The maximum atomic E-state index is 15.2. The molecule has 0 radical (unpaired) electrons. The van der Waals surface area contributed by atoms with Gasteiger partial charge in [0.1, 0.15) is 29.3 Å². The molecule has 3 aliphatic heterocycles. The zero-order valence-electron chi connectivity index (χ0n) is 45.7. The molecular formula is C58H72F10N8O6. The number of Topliss-reactive ketones (excluding diaryl/α,β-unsaturated/α-hetero) is 2. The third-order valence-corrected chi connectivity index (χ3v) is 15.5. The van der Waals surface area contributed by atoms with Gasteiger partial charge in [0.05, 0.1) is 47.8 Å². The fourth-order valence-electron chi connectivity index (χ4n) is 10.1. The number of amides is 2. The second-order valence-corrected chi connectivity index (χ2v) is 21.8. The van der Waals surface area contributed by atoms with Gasteiger partial charge >= 0.3 is 18.9 Å². The summed E-state index contributed by atoms with van der Waals surface area (Å²) in [6.45, 7) is 6.08. The number of nitrogens with zero attached hydrogens (tertiary/aromatic N) is 5. The van der Waals surface area contributed by atoms with E-state index in [2.05, 4.69) is 37.4 Å². The Morgan fingerprint density at radius 1 is 0.817 bits per heavy atom. The van der Waals surface area contributed by atoms with Crippen LogP contribution in [0.4, 0.5) is 49.7 Å². The standard InChI is InChI=1S/C47H52F7N7O4.C10H16F3NO2.CH4/c1-4-43(64)57-44(46(2,3)47(52,53)54)40(62)20-32(41(63)23-55-22-36-37(48)18-31(19-38(36)49)39-15-16-60(58-39)45(50)51)17-29-8-5-28(6-9-29)7-10-30-11-14-42(56-21-30)59-24-33-12-13-34(25-59)61(33)35-26-65-27-35;1-4-6(15)5-7(8(14)16)9(2,3)10(11,12)13;/h5-6,8-9,11,14-16,18-19,21,32-35,41,44-45,55,63H,4,12-13,17,20,22-27H2,1-3H3,(H,57,64);7H,4-5H2,1-3H3,(H2,14,16);1H4/t32-,33?,34?,41+,44-;7-;/m11./s1. The Bertz CT molecular complexity index is 2850. The summed E-state index contributed by atoms with van der Waals surface area (Å²) >= 11 is 0. The van der Waals surface area contributed by atoms with E-state index in [0.717, 1.165) is 78.1 Å². The molecule has 5 heterocycles. The maximum Gasteiger partial charge on any atom is 0.396 e. The lowest BCUT2D eigenvalue weighted by Gasteiger charge is -2.47. The number of primary amides is 1. The first-order valence-corrected chi connectivity index (χ1v) is 26.6. The number of hydrogen-bond acceptors (Lipinski definition) is 11. The first kappa shape index (κ1) is 66.4. The van der Waals surface area contributed by atoms with E-state index in [1.54, 1.807) is 30.5 Å². The van der Waals surface area contributed by atoms with Crippen LogP contribution in [-0.4, -0.2) is 124 Å². The molecular weight excluding hydrogens is 1090 g/mol. The van der Waals surface area contributed by atoms with Gasteiger partial charge in [-0.05, 0) is 87.1 Å². The van der Waals surface area contributed by atoms with Gasteiger partial charge in [-0.3, -0.25) is 24.1 Å². The summed E-state index contributed by atoms with van der Waals surface area (Å²) in [6.07, 6.45) is -6.95. The molecule has 4 aromatic rings. The molecule has 450 valence electrons. The van der Waals surface area contributed by atoms with E-state index in [9.17, 15) is 59.4 Å². The maximum absolute atomic E-state index is 15.2. The number of anilines is 1. The van der Waals surface area contributed by atoms with E-state index in [4.69, 9.17) is 15.5 Å². The van der Waals surface area contributed by atoms with Crippen molar-refractivity contribution in [3.8, 4) is 23.1 Å². The molecule has 0 aliphatic carbocycles. The number of benzene rings is 2. The van der Waals surface area contributed by atoms with Gasteiger partial charge < -0.3 is 31.1 Å². The van der Waals surface area contributed by atoms with Crippen LogP contribution in [0.15, 0.2) is 67.0 Å². The largest absolute Gasteiger partial charge is 0.396 e. The molecule has 3 aliphatic rings. The molecule has 5 N–H and O–H groups in total. The minimum Gasteiger partial charge on any atom is -0.391 e. The van der Waals surface area contributed by atoms with Crippen molar-refractivity contribution in [2.75, 3.05) is 37.7 Å². The van der Waals surface area contributed by atoms with Crippen molar-refractivity contribution >= 4 is 29.2 Å². The highest BCUT2D eigenvalue weighted by Gasteiger charge is 2.56. The Kier molecular flexibility index (Phi) is 22.5. The highest BCUT2D eigenvalue weighted by molar-refractivity contribution is 5.90. The van der Waals surface area contributed by atoms with Crippen LogP contribution in [0.2, 0.25) is 0 Å². The SMILES string of the molecule is C.CCC(=O)C[C@H](C(N)=O)C(C)(C)C(F)(F)F.CCC(=O)N[C@H](C(=O)C[C@@H](Cc1ccc(C#Cc2ccc(N3CC4CCC(C3)N4C3COC3)nc2)cc1)[C@@H](O)CNCc1c(F)cc(-c2ccn(C(F)F)n2)cc1F)C(C)(C)C(F)(F)F. The molecule has 2 unspecified atom stereocenters. The number of nitrogens with one attached hydrogen (secondary N) is 2. The minimum absolute atomic E-state index is 0. The summed E-state index contributed by atoms with van der Waals surface area (Å²) in [5.74, 6) is -0.641. The molecule has 2 amide bonds. The number of nitrogens with two attached hydrogens (primary N) is 1. The van der Waals surface area contributed by atoms with E-state index < -0.39 is 114 Å². The summed E-state index contributed by atoms with van der Waals surface area (Å²) < 4.78 is 143. The van der Waals surface area contributed by atoms with Crippen molar-refractivity contribution in [2.45, 2.75) is 150 Å². The number of carbonyl (C=O) groups is 4. The average Bonchev–Trinajstić information content (AvgIpc) is 3.98. The van der Waals surface area contributed by atoms with Crippen LogP contribution in [-0.2, 0) is 36.9 Å². The van der Waals surface area contributed by atoms with Gasteiger partial charge in [0.2, 0.25) is 11.8 Å². The Balaban J connectivity index is 0.000000631. The van der Waals surface area contributed by atoms with E-state index in [-0.39, 0.29) is 44.5 Å². The Morgan fingerprint density at radius 3 is 1.89 bits per heavy atom. The molecule has 7 rings (SSSR count). The van der Waals surface area contributed by atoms with Gasteiger partial charge in [0.15, 0.2) is 5.78 Å². The van der Waals surface area contributed by atoms with Crippen LogP contribution in [0, 0.1) is 46.1 Å². The van der Waals surface area contributed by atoms with Gasteiger partial charge in [0.25, 0.3) is 0 Å². The number of piperazine rings is 1. The van der Waals surface area contributed by atoms with E-state index in [1.807, 2.05) is 12.1 Å². The van der Waals surface area contributed by atoms with Crippen molar-refractivity contribution in [3.05, 3.63) is 101 Å². The quantitative estimate of drug-likeness (QED) is 0.0434. The van der Waals surface area contributed by atoms with E-state index in [0.29, 0.717) is 39.5 Å². The Labute approximate surface area is 470 Å². The molecule has 2 bridgehead atoms. The number of halogens is 10. The molecule has 0 saturated carbocycles. The van der Waals surface area contributed by atoms with Crippen LogP contribution in [0.25, 0.3) is 11.3 Å². The first-order valence-electron chi connectivity index (χ1n) is 26.6. The van der Waals surface area contributed by atoms with Crippen molar-refractivity contribution in [3.63, 3.8) is 0 Å². The topological polar surface area (TPSA) is 185 Å². The zero-order chi connectivity index (χ0) is 59.8. The van der Waals surface area contributed by atoms with Gasteiger partial charge in [0, 0.05) is 98.6 Å². The van der Waals surface area contributed by atoms with Gasteiger partial charge in [-0.15, -0.1) is 0 Å². The Morgan fingerprint density at radius 2 is 1.40 bits per heavy atom. The van der Waals surface area contributed by atoms with Crippen LogP contribution in [0.5, 0.6) is 0 Å². The smallest absolute Gasteiger partial charge is 0.391 e. The van der Waals surface area contributed by atoms with Gasteiger partial charge in [-0.2, -0.15) is 40.2 Å². The van der Waals surface area contributed by atoms with Crippen molar-refractivity contribution in [1.29, 1.82) is 0 Å². The lowest BCUT2D eigenvalue weighted by atomic mass is 9.75. The van der Waals surface area contributed by atoms with E-state index >= 15 is 8.78 Å². The van der Waals surface area contributed by atoms with Gasteiger partial charge in [-0.25, -0.2) is 18.4 Å². The number of rotatable bonds is 22. The molecule has 24 heteroatoms. The highest BCUT2D eigenvalue weighted by Crippen LogP contribution is 2.45. The average molecular weight is 1170 g/mol. The molecule has 0 spiro atoms. The number of aromatic nitrogens is 3. The third-order valence-electron chi connectivity index (χ3n) is 15.5. The monoisotopic (exact) mass is 1170 g/mol. The van der Waals surface area contributed by atoms with Crippen LogP contribution >= 0.6 is 0 Å². The molecule has 6 atom stereocenters. The summed E-state index contributed by atoms with van der Waals surface area (Å²) in [4.78, 5) is 58.0. The van der Waals surface area contributed by atoms with Crippen LogP contribution < -0.4 is 21.3 Å². The van der Waals surface area contributed by atoms with E-state index in [1.165, 1.54) is 32.8 Å². The van der Waals surface area contributed by atoms with Crippen molar-refractivity contribution < 1.29 is 72.9 Å². The number of carbonyl (C=O) groups excluding carboxylic acids is 4. The molecule has 82 heavy (non-hydrogen) atoms. The zero-order valence-corrected chi connectivity index (χ0v) is 45.7. The normalized spacial score (nSPS) is 18.2. The van der Waals surface area contributed by atoms with Crippen molar-refractivity contribution in [2.24, 2.45) is 28.4 Å². The predicted octanol–water partition coefficient (Wildman–Crippen LogP) is 9.50.